The highest BCUT2D eigenvalue weighted by molar-refractivity contribution is 14.1. The summed E-state index contributed by atoms with van der Waals surface area (Å²) in [5.41, 5.74) is 0. The van der Waals surface area contributed by atoms with Crippen molar-refractivity contribution in [2.75, 3.05) is 0 Å². The average Bonchev–Trinajstić information content (AvgIpc) is 1.77. The summed E-state index contributed by atoms with van der Waals surface area (Å²) in [7, 11) is 0. The molecule has 0 aliphatic heterocycles. The molecule has 0 nitrogen and oxygen atoms in total. The second-order valence-corrected chi connectivity index (χ2v) is 4.77. The third kappa shape index (κ3) is 2.25. The Balaban J connectivity index is 5.54. The Labute approximate surface area is 94.3 Å². The minimum absolute atomic E-state index is 0.352. The molecule has 0 rings (SSSR count). The van der Waals surface area contributed by atoms with Crippen molar-refractivity contribution < 1.29 is 35.1 Å². The molecule has 0 aromatic heterocycles. The van der Waals surface area contributed by atoms with Gasteiger partial charge in [-0.25, -0.2) is 0 Å². The van der Waals surface area contributed by atoms with Gasteiger partial charge in [-0.15, -0.1) is 0 Å². The van der Waals surface area contributed by atoms with Gasteiger partial charge in [-0.05, 0) is 15.9 Å². The predicted octanol–water partition coefficient (Wildman–Crippen LogP) is 4.27. The number of hydrogen-bond donors (Lipinski definition) is 0. The van der Waals surface area contributed by atoms with E-state index in [-0.39, 0.29) is 22.6 Å². The van der Waals surface area contributed by atoms with Crippen LogP contribution in [0.25, 0.3) is 0 Å². The summed E-state index contributed by atoms with van der Waals surface area (Å²) >= 11 is 0.740. The second-order valence-electron chi connectivity index (χ2n) is 2.15. The van der Waals surface area contributed by atoms with Gasteiger partial charge in [0.2, 0.25) is 0 Å². The molecule has 0 unspecified atom stereocenters. The van der Waals surface area contributed by atoms with Crippen molar-refractivity contribution in [1.82, 2.24) is 0 Å². The van der Waals surface area contributed by atoms with Gasteiger partial charge in [0.15, 0.2) is 0 Å². The lowest BCUT2D eigenvalue weighted by molar-refractivity contribution is -0.288. The monoisotopic (exact) mass is 406 g/mol. The highest BCUT2D eigenvalue weighted by Gasteiger charge is 2.80. The lowest BCUT2D eigenvalue weighted by atomic mass is 10.1. The van der Waals surface area contributed by atoms with Crippen LogP contribution >= 0.6 is 38.5 Å². The number of halogens is 10. The Bertz CT molecular complexity index is 175. The maximum Gasteiger partial charge on any atom is 0.418 e. The van der Waals surface area contributed by atoms with Crippen molar-refractivity contribution in [1.29, 1.82) is 0 Å². The summed E-state index contributed by atoms with van der Waals surface area (Å²) in [6, 6.07) is 0. The van der Waals surface area contributed by atoms with E-state index in [9.17, 15) is 35.1 Å². The summed E-state index contributed by atoms with van der Waals surface area (Å²) in [4.78, 5) is -5.13. The predicted molar refractivity (Wildman–Crippen MR) is 42.7 cm³/mol. The van der Waals surface area contributed by atoms with E-state index in [4.69, 9.17) is 0 Å². The van der Waals surface area contributed by atoms with E-state index in [1.54, 1.807) is 0 Å². The van der Waals surface area contributed by atoms with Crippen molar-refractivity contribution in [3.8, 4) is 0 Å². The Morgan fingerprint density at radius 2 is 0.929 bits per heavy atom. The van der Waals surface area contributed by atoms with E-state index in [1.165, 1.54) is 0 Å². The maximum atomic E-state index is 12.2. The summed E-state index contributed by atoms with van der Waals surface area (Å²) in [6.45, 7) is 0. The molecule has 14 heavy (non-hydrogen) atoms. The SMILES string of the molecule is FC(F)(F)C(I)(C(F)(F)F)C(F)(F)Br. The molecule has 0 saturated heterocycles. The van der Waals surface area contributed by atoms with E-state index < -0.39 is 20.6 Å². The second kappa shape index (κ2) is 3.59. The topological polar surface area (TPSA) is 0 Å². The van der Waals surface area contributed by atoms with Gasteiger partial charge < -0.3 is 0 Å². The number of hydrogen-bond acceptors (Lipinski definition) is 0. The average molecular weight is 407 g/mol. The van der Waals surface area contributed by atoms with Crippen molar-refractivity contribution in [2.45, 2.75) is 20.6 Å². The Morgan fingerprint density at radius 1 is 0.714 bits per heavy atom. The van der Waals surface area contributed by atoms with Crippen LogP contribution in [0.15, 0.2) is 0 Å². The molecule has 0 aliphatic carbocycles. The summed E-state index contributed by atoms with van der Waals surface area (Å²) in [5.74, 6) is 0. The maximum absolute atomic E-state index is 12.2. The van der Waals surface area contributed by atoms with E-state index in [2.05, 4.69) is 0 Å². The molecular weight excluding hydrogens is 407 g/mol. The minimum atomic E-state index is -6.11. The van der Waals surface area contributed by atoms with E-state index in [1.807, 2.05) is 0 Å². The van der Waals surface area contributed by atoms with Gasteiger partial charge in [-0.3, -0.25) is 0 Å². The van der Waals surface area contributed by atoms with Gasteiger partial charge in [-0.2, -0.15) is 35.1 Å². The van der Waals surface area contributed by atoms with Crippen molar-refractivity contribution in [2.24, 2.45) is 0 Å². The van der Waals surface area contributed by atoms with E-state index >= 15 is 0 Å². The smallest absolute Gasteiger partial charge is 0.191 e. The molecule has 0 fully saturated rings. The summed E-state index contributed by atoms with van der Waals surface area (Å²) in [6.07, 6.45) is -12.2. The molecule has 0 atom stereocenters. The van der Waals surface area contributed by atoms with E-state index in [0.29, 0.717) is 0 Å². The third-order valence-electron chi connectivity index (χ3n) is 1.17. The van der Waals surface area contributed by atoms with Gasteiger partial charge in [-0.1, -0.05) is 22.6 Å². The quantitative estimate of drug-likeness (QED) is 0.346. The first kappa shape index (κ1) is 14.6. The van der Waals surface area contributed by atoms with Crippen LogP contribution in [0, 0.1) is 0 Å². The molecule has 0 aromatic carbocycles. The van der Waals surface area contributed by atoms with Gasteiger partial charge in [0.25, 0.3) is 3.42 Å². The molecule has 0 saturated carbocycles. The zero-order chi connectivity index (χ0) is 12.0. The molecular formula is C4BrF8I. The molecule has 0 N–H and O–H groups in total. The molecule has 0 bridgehead atoms. The Hall–Kier alpha value is 0.650. The zero-order valence-corrected chi connectivity index (χ0v) is 9.52. The van der Waals surface area contributed by atoms with Crippen LogP contribution < -0.4 is 0 Å². The Kier molecular flexibility index (Phi) is 3.76. The van der Waals surface area contributed by atoms with Crippen LogP contribution in [-0.4, -0.2) is 20.6 Å². The van der Waals surface area contributed by atoms with Gasteiger partial charge >= 0.3 is 17.2 Å². The lowest BCUT2D eigenvalue weighted by Gasteiger charge is -2.34. The minimum Gasteiger partial charge on any atom is -0.191 e. The number of rotatable bonds is 1. The number of alkyl halides is 10. The molecule has 0 radical (unpaired) electrons. The van der Waals surface area contributed by atoms with Crippen LogP contribution in [0.1, 0.15) is 0 Å². The Morgan fingerprint density at radius 3 is 0.929 bits per heavy atom. The van der Waals surface area contributed by atoms with E-state index in [0.717, 1.165) is 15.9 Å². The van der Waals surface area contributed by atoms with Gasteiger partial charge in [0.05, 0.1) is 0 Å². The van der Waals surface area contributed by atoms with Gasteiger partial charge in [0, 0.05) is 0 Å². The molecule has 86 valence electrons. The van der Waals surface area contributed by atoms with Crippen LogP contribution in [0.4, 0.5) is 35.1 Å². The first-order valence-corrected chi connectivity index (χ1v) is 4.51. The highest BCUT2D eigenvalue weighted by Crippen LogP contribution is 2.59. The highest BCUT2D eigenvalue weighted by atomic mass is 127. The standard InChI is InChI=1S/C4BrF8I/c5-2(6,7)1(14,3(8,9)10)4(11,12)13. The molecule has 0 amide bonds. The van der Waals surface area contributed by atoms with Crippen LogP contribution in [0.2, 0.25) is 0 Å². The molecule has 10 heteroatoms. The summed E-state index contributed by atoms with van der Waals surface area (Å²) < 4.78 is 90.5. The van der Waals surface area contributed by atoms with Crippen molar-refractivity contribution >= 4 is 38.5 Å². The van der Waals surface area contributed by atoms with Crippen LogP contribution in [-0.2, 0) is 0 Å². The van der Waals surface area contributed by atoms with Crippen LogP contribution in [0.5, 0.6) is 0 Å². The van der Waals surface area contributed by atoms with Crippen molar-refractivity contribution in [3.63, 3.8) is 0 Å². The van der Waals surface area contributed by atoms with Gasteiger partial charge in [0.1, 0.15) is 0 Å². The van der Waals surface area contributed by atoms with Crippen LogP contribution in [0.3, 0.4) is 0 Å². The normalized spacial score (nSPS) is 15.9. The lowest BCUT2D eigenvalue weighted by Crippen LogP contribution is -2.60. The fraction of sp³-hybridized carbons (Fsp3) is 1.00. The molecule has 0 aliphatic rings. The third-order valence-corrected chi connectivity index (χ3v) is 4.41. The summed E-state index contributed by atoms with van der Waals surface area (Å²) in [5, 5.41) is 0. The fourth-order valence-corrected chi connectivity index (χ4v) is 0.932. The van der Waals surface area contributed by atoms with Crippen molar-refractivity contribution in [3.05, 3.63) is 0 Å². The zero-order valence-electron chi connectivity index (χ0n) is 5.78. The fourth-order valence-electron chi connectivity index (χ4n) is 0.482. The molecule has 0 spiro atoms. The molecule has 0 aromatic rings. The first-order chi connectivity index (χ1) is 5.75. The molecule has 0 heterocycles. The largest absolute Gasteiger partial charge is 0.418 e. The first-order valence-electron chi connectivity index (χ1n) is 2.64.